The van der Waals surface area contributed by atoms with Crippen LogP contribution in [0.1, 0.15) is 36.1 Å². The van der Waals surface area contributed by atoms with Gasteiger partial charge in [0.1, 0.15) is 24.1 Å². The minimum absolute atomic E-state index is 0.213. The zero-order chi connectivity index (χ0) is 30.1. The summed E-state index contributed by atoms with van der Waals surface area (Å²) in [5.74, 6) is 4.42. The minimum Gasteiger partial charge on any atom is -0.394 e. The molecule has 1 unspecified atom stereocenters. The Balaban J connectivity index is 1.42. The van der Waals surface area contributed by atoms with E-state index in [1.807, 2.05) is 55.6 Å². The Morgan fingerprint density at radius 2 is 1.83 bits per heavy atom. The number of halogens is 1. The highest BCUT2D eigenvalue weighted by atomic mass is 19.1. The molecule has 0 aliphatic carbocycles. The van der Waals surface area contributed by atoms with E-state index in [1.165, 1.54) is 29.3 Å². The first-order valence-corrected chi connectivity index (χ1v) is 14.1. The van der Waals surface area contributed by atoms with E-state index in [-0.39, 0.29) is 24.9 Å². The number of hydrogen-bond donors (Lipinski definition) is 4. The quantitative estimate of drug-likeness (QED) is 0.206. The van der Waals surface area contributed by atoms with Crippen LogP contribution in [0.4, 0.5) is 10.1 Å². The molecule has 0 radical (unpaired) electrons. The number of amides is 1. The Morgan fingerprint density at radius 1 is 1.10 bits per heavy atom. The fourth-order valence-corrected chi connectivity index (χ4v) is 5.13. The lowest BCUT2D eigenvalue weighted by Crippen LogP contribution is -2.49. The Morgan fingerprint density at radius 3 is 2.52 bits per heavy atom. The summed E-state index contributed by atoms with van der Waals surface area (Å²) in [5.41, 5.74) is 3.02. The van der Waals surface area contributed by atoms with Crippen molar-refractivity contribution < 1.29 is 29.3 Å². The maximum atomic E-state index is 13.4. The molecule has 9 heteroatoms. The summed E-state index contributed by atoms with van der Waals surface area (Å²) in [6, 6.07) is 22.0. The van der Waals surface area contributed by atoms with Gasteiger partial charge >= 0.3 is 0 Å². The lowest BCUT2D eigenvalue weighted by molar-refractivity contribution is -0.181. The van der Waals surface area contributed by atoms with Gasteiger partial charge in [-0.15, -0.1) is 0 Å². The van der Waals surface area contributed by atoms with Crippen molar-refractivity contribution in [1.82, 2.24) is 10.4 Å². The van der Waals surface area contributed by atoms with Gasteiger partial charge in [-0.25, -0.2) is 4.39 Å². The van der Waals surface area contributed by atoms with Crippen molar-refractivity contribution in [2.45, 2.75) is 44.2 Å². The maximum Gasteiger partial charge on any atom is 0.240 e. The molecule has 42 heavy (non-hydrogen) atoms. The number of nitrogens with zero attached hydrogens (tertiary/aromatic N) is 2. The molecule has 0 aromatic heterocycles. The van der Waals surface area contributed by atoms with E-state index < -0.39 is 30.3 Å². The number of anilines is 1. The van der Waals surface area contributed by atoms with Crippen molar-refractivity contribution in [2.24, 2.45) is 5.92 Å². The standard InChI is InChI=1S/C33H38FN3O5/c1-23(39)31-30(22-38)42-37(32(31)33(41)35-18-7-19-36(2)28-10-4-3-5-11-28)21-25-9-6-8-24(20-25)12-17-29(40)26-13-15-27(34)16-14-26/h3-6,8-11,13-16,20,23,29-32,38-40H,7,18-19,21-22H2,1-2H3,(H,35,41)/t23-,29?,30-,31+,32-/m1/s1. The van der Waals surface area contributed by atoms with E-state index in [4.69, 9.17) is 4.84 Å². The first-order valence-electron chi connectivity index (χ1n) is 14.1. The van der Waals surface area contributed by atoms with E-state index in [1.54, 1.807) is 13.0 Å². The lowest BCUT2D eigenvalue weighted by Gasteiger charge is -2.26. The van der Waals surface area contributed by atoms with Crippen LogP contribution >= 0.6 is 0 Å². The van der Waals surface area contributed by atoms with Crippen molar-refractivity contribution in [3.8, 4) is 11.8 Å². The topological polar surface area (TPSA) is 105 Å². The molecular formula is C33H38FN3O5. The third kappa shape index (κ3) is 8.16. The highest BCUT2D eigenvalue weighted by Gasteiger charge is 2.49. The number of benzene rings is 3. The highest BCUT2D eigenvalue weighted by molar-refractivity contribution is 5.82. The van der Waals surface area contributed by atoms with Gasteiger partial charge in [0.05, 0.1) is 19.3 Å². The van der Waals surface area contributed by atoms with E-state index in [9.17, 15) is 24.5 Å². The molecule has 1 fully saturated rings. The molecule has 1 amide bonds. The van der Waals surface area contributed by atoms with E-state index >= 15 is 0 Å². The van der Waals surface area contributed by atoms with Crippen molar-refractivity contribution >= 4 is 11.6 Å². The smallest absolute Gasteiger partial charge is 0.240 e. The largest absolute Gasteiger partial charge is 0.394 e. The van der Waals surface area contributed by atoms with Crippen LogP contribution in [0, 0.1) is 23.6 Å². The predicted octanol–water partition coefficient (Wildman–Crippen LogP) is 3.03. The molecule has 4 rings (SSSR count). The zero-order valence-electron chi connectivity index (χ0n) is 23.9. The normalized spacial score (nSPS) is 19.9. The van der Waals surface area contributed by atoms with Crippen molar-refractivity contribution in [3.63, 3.8) is 0 Å². The van der Waals surface area contributed by atoms with E-state index in [0.29, 0.717) is 17.7 Å². The molecule has 5 atom stereocenters. The first-order chi connectivity index (χ1) is 20.3. The molecule has 3 aromatic rings. The summed E-state index contributed by atoms with van der Waals surface area (Å²) in [7, 11) is 2.00. The number of aliphatic hydroxyl groups is 3. The second kappa shape index (κ2) is 14.9. The van der Waals surface area contributed by atoms with Gasteiger partial charge in [0.25, 0.3) is 0 Å². The van der Waals surface area contributed by atoms with Gasteiger partial charge in [-0.2, -0.15) is 5.06 Å². The number of carbonyl (C=O) groups excluding carboxylic acids is 1. The fourth-order valence-electron chi connectivity index (χ4n) is 5.13. The van der Waals surface area contributed by atoms with E-state index in [0.717, 1.165) is 24.2 Å². The average Bonchev–Trinajstić information content (AvgIpc) is 3.37. The predicted molar refractivity (Wildman–Crippen MR) is 158 cm³/mol. The minimum atomic E-state index is -1.08. The lowest BCUT2D eigenvalue weighted by atomic mass is 9.89. The van der Waals surface area contributed by atoms with Crippen LogP contribution in [-0.4, -0.2) is 71.3 Å². The van der Waals surface area contributed by atoms with Gasteiger partial charge < -0.3 is 25.5 Å². The second-order valence-electron chi connectivity index (χ2n) is 10.5. The molecule has 0 bridgehead atoms. The Kier molecular flexibility index (Phi) is 11.1. The summed E-state index contributed by atoms with van der Waals surface area (Å²) >= 11 is 0. The number of aliphatic hydroxyl groups excluding tert-OH is 3. The van der Waals surface area contributed by atoms with Crippen LogP contribution < -0.4 is 10.2 Å². The zero-order valence-corrected chi connectivity index (χ0v) is 23.9. The Bertz CT molecular complexity index is 1360. The molecule has 0 spiro atoms. The molecule has 1 aliphatic rings. The van der Waals surface area contributed by atoms with Crippen LogP contribution in [0.3, 0.4) is 0 Å². The number of nitrogens with one attached hydrogen (secondary N) is 1. The molecule has 1 aliphatic heterocycles. The summed E-state index contributed by atoms with van der Waals surface area (Å²) in [6.07, 6.45) is -1.98. The van der Waals surface area contributed by atoms with Gasteiger partial charge in [-0.05, 0) is 60.9 Å². The van der Waals surface area contributed by atoms with Crippen LogP contribution in [-0.2, 0) is 16.2 Å². The number of hydroxylamine groups is 2. The fraction of sp³-hybridized carbons (Fsp3) is 0.364. The van der Waals surface area contributed by atoms with Crippen LogP contribution in [0.5, 0.6) is 0 Å². The van der Waals surface area contributed by atoms with Crippen LogP contribution in [0.25, 0.3) is 0 Å². The van der Waals surface area contributed by atoms with Crippen LogP contribution in [0.2, 0.25) is 0 Å². The highest BCUT2D eigenvalue weighted by Crippen LogP contribution is 2.32. The summed E-state index contributed by atoms with van der Waals surface area (Å²) in [5, 5.41) is 35.4. The third-order valence-corrected chi connectivity index (χ3v) is 7.35. The maximum absolute atomic E-state index is 13.4. The molecule has 222 valence electrons. The number of para-hydroxylation sites is 1. The van der Waals surface area contributed by atoms with Gasteiger partial charge in [-0.3, -0.25) is 9.63 Å². The first kappa shape index (κ1) is 31.2. The Labute approximate surface area is 246 Å². The molecule has 1 heterocycles. The number of carbonyl (C=O) groups is 1. The van der Waals surface area contributed by atoms with Crippen molar-refractivity contribution in [1.29, 1.82) is 0 Å². The SMILES string of the molecule is C[C@@H](O)[C@H]1[C@@H](CO)ON(Cc2cccc(C#CC(O)c3ccc(F)cc3)c2)[C@H]1C(=O)NCCCN(C)c1ccccc1. The molecule has 0 saturated carbocycles. The molecule has 4 N–H and O–H groups in total. The van der Waals surface area contributed by atoms with Crippen LogP contribution in [0.15, 0.2) is 78.9 Å². The molecule has 1 saturated heterocycles. The monoisotopic (exact) mass is 575 g/mol. The average molecular weight is 576 g/mol. The summed E-state index contributed by atoms with van der Waals surface area (Å²) in [4.78, 5) is 21.5. The van der Waals surface area contributed by atoms with Crippen molar-refractivity contribution in [2.75, 3.05) is 31.6 Å². The summed E-state index contributed by atoms with van der Waals surface area (Å²) < 4.78 is 13.2. The molecule has 8 nitrogen and oxygen atoms in total. The molecule has 3 aromatic carbocycles. The third-order valence-electron chi connectivity index (χ3n) is 7.35. The van der Waals surface area contributed by atoms with Gasteiger partial charge in [0.2, 0.25) is 5.91 Å². The summed E-state index contributed by atoms with van der Waals surface area (Å²) in [6.45, 7) is 2.66. The van der Waals surface area contributed by atoms with E-state index in [2.05, 4.69) is 22.1 Å². The van der Waals surface area contributed by atoms with Gasteiger partial charge in [0, 0.05) is 37.3 Å². The second-order valence-corrected chi connectivity index (χ2v) is 10.5. The Hall–Kier alpha value is -3.78. The van der Waals surface area contributed by atoms with Gasteiger partial charge in [-0.1, -0.05) is 54.3 Å². The molecular weight excluding hydrogens is 537 g/mol. The van der Waals surface area contributed by atoms with Gasteiger partial charge in [0.15, 0.2) is 0 Å². The van der Waals surface area contributed by atoms with Crippen molar-refractivity contribution in [3.05, 3.63) is 101 Å². The number of rotatable bonds is 11. The number of hydrogen-bond acceptors (Lipinski definition) is 7.